The van der Waals surface area contributed by atoms with Gasteiger partial charge in [0.25, 0.3) is 0 Å². The Balaban J connectivity index is 1.33. The number of aromatic nitrogens is 1. The lowest BCUT2D eigenvalue weighted by molar-refractivity contribution is -0.138. The van der Waals surface area contributed by atoms with Crippen LogP contribution < -0.4 is 5.32 Å². The Morgan fingerprint density at radius 1 is 1.12 bits per heavy atom. The zero-order chi connectivity index (χ0) is 17.6. The van der Waals surface area contributed by atoms with Gasteiger partial charge in [0, 0.05) is 44.9 Å². The number of carbonyl (C=O) groups is 3. The van der Waals surface area contributed by atoms with Crippen molar-refractivity contribution < 1.29 is 14.4 Å². The lowest BCUT2D eigenvalue weighted by Crippen LogP contribution is -2.42. The smallest absolute Gasteiger partial charge is 0.317 e. The molecule has 25 heavy (non-hydrogen) atoms. The molecule has 2 aromatic rings. The van der Waals surface area contributed by atoms with Crippen LogP contribution in [0.25, 0.3) is 10.9 Å². The molecule has 4 amide bonds. The Kier molecular flexibility index (Phi) is 3.71. The van der Waals surface area contributed by atoms with Crippen LogP contribution in [-0.2, 0) is 16.1 Å². The average molecular weight is 340 g/mol. The van der Waals surface area contributed by atoms with Gasteiger partial charge in [0.15, 0.2) is 0 Å². The van der Waals surface area contributed by atoms with E-state index < -0.39 is 0 Å². The molecule has 0 unspecified atom stereocenters. The van der Waals surface area contributed by atoms with Crippen LogP contribution in [0, 0.1) is 11.8 Å². The monoisotopic (exact) mass is 340 g/mol. The number of carbonyl (C=O) groups excluding carboxylic acids is 3. The maximum Gasteiger partial charge on any atom is 0.317 e. The molecule has 2 saturated heterocycles. The van der Waals surface area contributed by atoms with E-state index in [0.29, 0.717) is 26.2 Å². The average Bonchev–Trinajstić information content (AvgIpc) is 3.28. The van der Waals surface area contributed by atoms with Crippen LogP contribution in [0.1, 0.15) is 0 Å². The first-order valence-corrected chi connectivity index (χ1v) is 8.44. The highest BCUT2D eigenvalue weighted by molar-refractivity contribution is 6.06. The predicted molar refractivity (Wildman–Crippen MR) is 91.7 cm³/mol. The van der Waals surface area contributed by atoms with E-state index in [1.54, 1.807) is 4.90 Å². The van der Waals surface area contributed by atoms with Crippen LogP contribution in [0.15, 0.2) is 36.5 Å². The van der Waals surface area contributed by atoms with Crippen LogP contribution in [0.3, 0.4) is 0 Å². The summed E-state index contributed by atoms with van der Waals surface area (Å²) >= 11 is 0. The molecule has 0 bridgehead atoms. The molecule has 0 radical (unpaired) electrons. The minimum Gasteiger partial charge on any atom is -0.346 e. The minimum absolute atomic E-state index is 0.177. The quantitative estimate of drug-likeness (QED) is 0.844. The number of nitrogens with one attached hydrogen (secondary N) is 1. The van der Waals surface area contributed by atoms with Gasteiger partial charge in [0.05, 0.1) is 11.8 Å². The number of benzene rings is 1. The van der Waals surface area contributed by atoms with Crippen LogP contribution in [-0.4, -0.2) is 58.9 Å². The third kappa shape index (κ3) is 2.56. The van der Waals surface area contributed by atoms with Gasteiger partial charge < -0.3 is 14.8 Å². The third-order valence-electron chi connectivity index (χ3n) is 5.21. The molecule has 2 atom stereocenters. The number of hydrogen-bond donors (Lipinski definition) is 1. The number of rotatable bonds is 3. The van der Waals surface area contributed by atoms with Crippen LogP contribution in [0.5, 0.6) is 0 Å². The first-order valence-electron chi connectivity index (χ1n) is 8.44. The number of imide groups is 1. The molecule has 0 saturated carbocycles. The number of likely N-dealkylation sites (tertiary alicyclic amines) is 2. The van der Waals surface area contributed by atoms with Crippen molar-refractivity contribution in [2.24, 2.45) is 11.8 Å². The highest BCUT2D eigenvalue weighted by atomic mass is 16.2. The van der Waals surface area contributed by atoms with Gasteiger partial charge in [-0.1, -0.05) is 18.2 Å². The number of nitrogens with zero attached hydrogens (tertiary/aromatic N) is 3. The molecule has 2 aliphatic heterocycles. The molecule has 0 aliphatic carbocycles. The number of hydrogen-bond acceptors (Lipinski definition) is 3. The Morgan fingerprint density at radius 3 is 2.52 bits per heavy atom. The van der Waals surface area contributed by atoms with Crippen molar-refractivity contribution >= 4 is 28.7 Å². The van der Waals surface area contributed by atoms with Crippen LogP contribution >= 0.6 is 0 Å². The summed E-state index contributed by atoms with van der Waals surface area (Å²) < 4.78 is 2.09. The molecule has 4 rings (SSSR count). The van der Waals surface area contributed by atoms with Gasteiger partial charge in [-0.15, -0.1) is 0 Å². The summed E-state index contributed by atoms with van der Waals surface area (Å²) in [5.74, 6) is -1.11. The Hall–Kier alpha value is -2.83. The van der Waals surface area contributed by atoms with E-state index in [1.807, 2.05) is 30.5 Å². The van der Waals surface area contributed by atoms with Crippen LogP contribution in [0.2, 0.25) is 0 Å². The number of urea groups is 1. The molecule has 2 aliphatic rings. The first kappa shape index (κ1) is 15.7. The van der Waals surface area contributed by atoms with Crippen molar-refractivity contribution in [3.63, 3.8) is 0 Å². The maximum absolute atomic E-state index is 12.3. The predicted octanol–water partition coefficient (Wildman–Crippen LogP) is 0.897. The van der Waals surface area contributed by atoms with E-state index in [9.17, 15) is 14.4 Å². The normalized spacial score (nSPS) is 22.8. The van der Waals surface area contributed by atoms with Gasteiger partial charge in [-0.3, -0.25) is 14.5 Å². The topological polar surface area (TPSA) is 74.7 Å². The second kappa shape index (κ2) is 5.91. The second-order valence-corrected chi connectivity index (χ2v) is 6.65. The lowest BCUT2D eigenvalue weighted by Gasteiger charge is -2.19. The van der Waals surface area contributed by atoms with E-state index in [1.165, 1.54) is 17.3 Å². The molecular weight excluding hydrogens is 320 g/mol. The SMILES string of the molecule is CN1C(=O)[C@H]2CN(C(=O)NCCn3ccc4ccccc43)C[C@H]2C1=O. The van der Waals surface area contributed by atoms with E-state index in [4.69, 9.17) is 0 Å². The van der Waals surface area contributed by atoms with Crippen molar-refractivity contribution in [1.29, 1.82) is 0 Å². The molecule has 130 valence electrons. The molecule has 1 N–H and O–H groups in total. The first-order chi connectivity index (χ1) is 12.1. The molecule has 0 spiro atoms. The van der Waals surface area contributed by atoms with Crippen molar-refractivity contribution in [3.05, 3.63) is 36.5 Å². The van der Waals surface area contributed by atoms with E-state index in [-0.39, 0.29) is 29.7 Å². The minimum atomic E-state index is -0.378. The van der Waals surface area contributed by atoms with Gasteiger partial charge in [-0.05, 0) is 17.5 Å². The molecule has 3 heterocycles. The van der Waals surface area contributed by atoms with E-state index >= 15 is 0 Å². The summed E-state index contributed by atoms with van der Waals surface area (Å²) in [6.07, 6.45) is 2.00. The molecular formula is C18H20N4O3. The molecule has 2 fully saturated rings. The Bertz CT molecular complexity index is 835. The lowest BCUT2D eigenvalue weighted by atomic mass is 10.00. The van der Waals surface area contributed by atoms with Gasteiger partial charge in [0.2, 0.25) is 11.8 Å². The summed E-state index contributed by atoms with van der Waals surface area (Å²) in [4.78, 5) is 39.1. The summed E-state index contributed by atoms with van der Waals surface area (Å²) in [6.45, 7) is 1.79. The summed E-state index contributed by atoms with van der Waals surface area (Å²) in [5.41, 5.74) is 1.13. The maximum atomic E-state index is 12.3. The Morgan fingerprint density at radius 2 is 1.80 bits per heavy atom. The zero-order valence-corrected chi connectivity index (χ0v) is 14.0. The van der Waals surface area contributed by atoms with Gasteiger partial charge in [-0.25, -0.2) is 4.79 Å². The standard InChI is InChI=1S/C18H20N4O3/c1-20-16(23)13-10-22(11-14(13)17(20)24)18(25)19-7-9-21-8-6-12-4-2-3-5-15(12)21/h2-6,8,13-14H,7,9-11H2,1H3,(H,19,25)/t13-,14+. The van der Waals surface area contributed by atoms with Crippen molar-refractivity contribution in [2.75, 3.05) is 26.7 Å². The van der Waals surface area contributed by atoms with Gasteiger partial charge in [-0.2, -0.15) is 0 Å². The third-order valence-corrected chi connectivity index (χ3v) is 5.21. The molecule has 1 aromatic carbocycles. The fraction of sp³-hybridized carbons (Fsp3) is 0.389. The van der Waals surface area contributed by atoms with Crippen molar-refractivity contribution in [2.45, 2.75) is 6.54 Å². The highest BCUT2D eigenvalue weighted by Crippen LogP contribution is 2.32. The van der Waals surface area contributed by atoms with E-state index in [0.717, 1.165) is 5.52 Å². The van der Waals surface area contributed by atoms with Gasteiger partial charge >= 0.3 is 6.03 Å². The molecule has 1 aromatic heterocycles. The number of amides is 4. The number of para-hydroxylation sites is 1. The van der Waals surface area contributed by atoms with E-state index in [2.05, 4.69) is 16.0 Å². The highest BCUT2D eigenvalue weighted by Gasteiger charge is 2.51. The zero-order valence-electron chi connectivity index (χ0n) is 14.0. The largest absolute Gasteiger partial charge is 0.346 e. The number of fused-ring (bicyclic) bond motifs is 2. The molecule has 7 nitrogen and oxygen atoms in total. The summed E-state index contributed by atoms with van der Waals surface area (Å²) in [7, 11) is 1.51. The van der Waals surface area contributed by atoms with Crippen molar-refractivity contribution in [3.8, 4) is 0 Å². The summed E-state index contributed by atoms with van der Waals surface area (Å²) in [5, 5.41) is 4.06. The second-order valence-electron chi connectivity index (χ2n) is 6.65. The van der Waals surface area contributed by atoms with Gasteiger partial charge in [0.1, 0.15) is 0 Å². The van der Waals surface area contributed by atoms with Crippen LogP contribution in [0.4, 0.5) is 4.79 Å². The van der Waals surface area contributed by atoms with Crippen molar-refractivity contribution in [1.82, 2.24) is 19.7 Å². The fourth-order valence-corrected chi connectivity index (χ4v) is 3.81. The Labute approximate surface area is 145 Å². The fourth-order valence-electron chi connectivity index (χ4n) is 3.81. The molecule has 7 heteroatoms. The summed E-state index contributed by atoms with van der Waals surface area (Å²) in [6, 6.07) is 9.93.